The van der Waals surface area contributed by atoms with Gasteiger partial charge in [-0.3, -0.25) is 9.59 Å². The average Bonchev–Trinajstić information content (AvgIpc) is 2.54. The Bertz CT molecular complexity index is 532. The predicted octanol–water partition coefficient (Wildman–Crippen LogP) is 1.43. The van der Waals surface area contributed by atoms with Crippen LogP contribution in [-0.2, 0) is 4.79 Å². The zero-order valence-corrected chi connectivity index (χ0v) is 13.2. The third kappa shape index (κ3) is 3.65. The van der Waals surface area contributed by atoms with E-state index in [9.17, 15) is 9.59 Å². The Labute approximate surface area is 131 Å². The lowest BCUT2D eigenvalue weighted by Crippen LogP contribution is -2.53. The molecule has 1 fully saturated rings. The van der Waals surface area contributed by atoms with E-state index in [1.165, 1.54) is 0 Å². The molecular formula is C17H24N2O3. The summed E-state index contributed by atoms with van der Waals surface area (Å²) < 4.78 is 0. The molecule has 0 saturated carbocycles. The molecule has 1 aromatic rings. The number of likely N-dealkylation sites (tertiary alicyclic amines) is 1. The van der Waals surface area contributed by atoms with Crippen LogP contribution in [0.2, 0.25) is 0 Å². The van der Waals surface area contributed by atoms with E-state index in [4.69, 9.17) is 5.11 Å². The predicted molar refractivity (Wildman–Crippen MR) is 84.4 cm³/mol. The molecule has 0 bridgehead atoms. The summed E-state index contributed by atoms with van der Waals surface area (Å²) in [5.74, 6) is -0.130. The van der Waals surface area contributed by atoms with Crippen LogP contribution in [0.3, 0.4) is 0 Å². The normalized spacial score (nSPS) is 23.0. The number of aliphatic hydroxyl groups is 1. The summed E-state index contributed by atoms with van der Waals surface area (Å²) in [5, 5.41) is 11.9. The van der Waals surface area contributed by atoms with Gasteiger partial charge in [0.1, 0.15) is 0 Å². The van der Waals surface area contributed by atoms with Crippen molar-refractivity contribution in [2.45, 2.75) is 32.7 Å². The first-order valence-corrected chi connectivity index (χ1v) is 7.72. The smallest absolute Gasteiger partial charge is 0.253 e. The summed E-state index contributed by atoms with van der Waals surface area (Å²) in [6.45, 7) is 4.64. The Morgan fingerprint density at radius 3 is 2.68 bits per heavy atom. The zero-order valence-electron chi connectivity index (χ0n) is 13.2. The molecule has 0 spiro atoms. The standard InChI is InChI=1S/C17H24N2O3/c1-13(11-20)18-16(22)17(2)9-6-10-19(12-17)15(21)14-7-4-3-5-8-14/h3-5,7-8,13,20H,6,9-12H2,1-2H3,(H,18,22). The van der Waals surface area contributed by atoms with Gasteiger partial charge >= 0.3 is 0 Å². The Kier molecular flexibility index (Phi) is 5.19. The number of nitrogens with zero attached hydrogens (tertiary/aromatic N) is 1. The minimum absolute atomic E-state index is 0.0328. The van der Waals surface area contributed by atoms with Gasteiger partial charge in [0.2, 0.25) is 5.91 Å². The quantitative estimate of drug-likeness (QED) is 0.884. The maximum atomic E-state index is 12.5. The van der Waals surface area contributed by atoms with Crippen molar-refractivity contribution in [1.29, 1.82) is 0 Å². The third-order valence-electron chi connectivity index (χ3n) is 4.20. The lowest BCUT2D eigenvalue weighted by atomic mass is 9.80. The lowest BCUT2D eigenvalue weighted by molar-refractivity contribution is -0.133. The number of aliphatic hydroxyl groups excluding tert-OH is 1. The van der Waals surface area contributed by atoms with Gasteiger partial charge < -0.3 is 15.3 Å². The molecule has 5 nitrogen and oxygen atoms in total. The van der Waals surface area contributed by atoms with Gasteiger partial charge in [0.05, 0.1) is 12.0 Å². The van der Waals surface area contributed by atoms with Crippen LogP contribution in [0.25, 0.3) is 0 Å². The highest BCUT2D eigenvalue weighted by molar-refractivity contribution is 5.95. The van der Waals surface area contributed by atoms with E-state index >= 15 is 0 Å². The first-order chi connectivity index (χ1) is 10.5. The van der Waals surface area contributed by atoms with E-state index in [0.29, 0.717) is 18.7 Å². The second kappa shape index (κ2) is 6.92. The number of carbonyl (C=O) groups excluding carboxylic acids is 2. The minimum atomic E-state index is -0.605. The number of piperidine rings is 1. The van der Waals surface area contributed by atoms with Crippen molar-refractivity contribution in [2.75, 3.05) is 19.7 Å². The maximum absolute atomic E-state index is 12.5. The number of hydrogen-bond acceptors (Lipinski definition) is 3. The van der Waals surface area contributed by atoms with Gasteiger partial charge in [-0.2, -0.15) is 0 Å². The molecule has 22 heavy (non-hydrogen) atoms. The molecule has 2 amide bonds. The Balaban J connectivity index is 2.07. The zero-order chi connectivity index (χ0) is 16.2. The first kappa shape index (κ1) is 16.5. The lowest BCUT2D eigenvalue weighted by Gasteiger charge is -2.39. The molecule has 2 unspecified atom stereocenters. The van der Waals surface area contributed by atoms with Crippen LogP contribution < -0.4 is 5.32 Å². The van der Waals surface area contributed by atoms with Crippen molar-refractivity contribution in [2.24, 2.45) is 5.41 Å². The number of carbonyl (C=O) groups is 2. The van der Waals surface area contributed by atoms with Crippen LogP contribution in [0.1, 0.15) is 37.0 Å². The monoisotopic (exact) mass is 304 g/mol. The minimum Gasteiger partial charge on any atom is -0.394 e. The molecule has 1 aliphatic heterocycles. The highest BCUT2D eigenvalue weighted by Gasteiger charge is 2.39. The van der Waals surface area contributed by atoms with E-state index in [-0.39, 0.29) is 24.5 Å². The van der Waals surface area contributed by atoms with Crippen LogP contribution in [-0.4, -0.2) is 47.6 Å². The third-order valence-corrected chi connectivity index (χ3v) is 4.20. The van der Waals surface area contributed by atoms with Crippen molar-refractivity contribution >= 4 is 11.8 Å². The SMILES string of the molecule is CC(CO)NC(=O)C1(C)CCCN(C(=O)c2ccccc2)C1. The molecule has 2 atom stereocenters. The molecule has 1 heterocycles. The van der Waals surface area contributed by atoms with Gasteiger partial charge in [-0.1, -0.05) is 18.2 Å². The van der Waals surface area contributed by atoms with E-state index < -0.39 is 5.41 Å². The molecule has 0 aromatic heterocycles. The number of nitrogens with one attached hydrogen (secondary N) is 1. The highest BCUT2D eigenvalue weighted by atomic mass is 16.3. The number of hydrogen-bond donors (Lipinski definition) is 2. The van der Waals surface area contributed by atoms with Gasteiger partial charge in [-0.25, -0.2) is 0 Å². The Hall–Kier alpha value is -1.88. The average molecular weight is 304 g/mol. The maximum Gasteiger partial charge on any atom is 0.253 e. The van der Waals surface area contributed by atoms with Crippen molar-refractivity contribution in [3.8, 4) is 0 Å². The summed E-state index contributed by atoms with van der Waals surface area (Å²) in [6, 6.07) is 8.87. The summed E-state index contributed by atoms with van der Waals surface area (Å²) in [6.07, 6.45) is 1.55. The van der Waals surface area contributed by atoms with Gasteiger partial charge in [0.15, 0.2) is 0 Å². The number of benzene rings is 1. The van der Waals surface area contributed by atoms with E-state index in [2.05, 4.69) is 5.32 Å². The first-order valence-electron chi connectivity index (χ1n) is 7.72. The van der Waals surface area contributed by atoms with E-state index in [1.54, 1.807) is 24.0 Å². The van der Waals surface area contributed by atoms with Gasteiger partial charge in [0.25, 0.3) is 5.91 Å². The second-order valence-electron chi connectivity index (χ2n) is 6.31. The summed E-state index contributed by atoms with van der Waals surface area (Å²) in [4.78, 5) is 26.7. The molecule has 0 radical (unpaired) electrons. The van der Waals surface area contributed by atoms with E-state index in [0.717, 1.165) is 12.8 Å². The van der Waals surface area contributed by atoms with E-state index in [1.807, 2.05) is 25.1 Å². The van der Waals surface area contributed by atoms with Crippen LogP contribution in [0.15, 0.2) is 30.3 Å². The topological polar surface area (TPSA) is 69.6 Å². The molecule has 1 aliphatic rings. The van der Waals surface area contributed by atoms with Crippen molar-refractivity contribution < 1.29 is 14.7 Å². The van der Waals surface area contributed by atoms with Crippen LogP contribution >= 0.6 is 0 Å². The summed E-state index contributed by atoms with van der Waals surface area (Å²) in [5.41, 5.74) is 0.0439. The fourth-order valence-electron chi connectivity index (χ4n) is 2.81. The van der Waals surface area contributed by atoms with Crippen LogP contribution in [0.5, 0.6) is 0 Å². The molecule has 2 rings (SSSR count). The van der Waals surface area contributed by atoms with Crippen molar-refractivity contribution in [3.05, 3.63) is 35.9 Å². The Morgan fingerprint density at radius 2 is 2.05 bits per heavy atom. The van der Waals surface area contributed by atoms with Crippen molar-refractivity contribution in [1.82, 2.24) is 10.2 Å². The molecular weight excluding hydrogens is 280 g/mol. The van der Waals surface area contributed by atoms with Gasteiger partial charge in [-0.05, 0) is 38.8 Å². The Morgan fingerprint density at radius 1 is 1.36 bits per heavy atom. The largest absolute Gasteiger partial charge is 0.394 e. The molecule has 2 N–H and O–H groups in total. The van der Waals surface area contributed by atoms with Gasteiger partial charge in [0, 0.05) is 24.7 Å². The molecule has 120 valence electrons. The molecule has 1 aromatic carbocycles. The fraction of sp³-hybridized carbons (Fsp3) is 0.529. The molecule has 0 aliphatic carbocycles. The summed E-state index contributed by atoms with van der Waals surface area (Å²) in [7, 11) is 0. The highest BCUT2D eigenvalue weighted by Crippen LogP contribution is 2.30. The van der Waals surface area contributed by atoms with Crippen molar-refractivity contribution in [3.63, 3.8) is 0 Å². The second-order valence-corrected chi connectivity index (χ2v) is 6.31. The van der Waals surface area contributed by atoms with Crippen LogP contribution in [0, 0.1) is 5.41 Å². The van der Waals surface area contributed by atoms with Gasteiger partial charge in [-0.15, -0.1) is 0 Å². The number of amides is 2. The fourth-order valence-corrected chi connectivity index (χ4v) is 2.81. The number of rotatable bonds is 4. The molecule has 5 heteroatoms. The van der Waals surface area contributed by atoms with Crippen LogP contribution in [0.4, 0.5) is 0 Å². The molecule has 1 saturated heterocycles. The summed E-state index contributed by atoms with van der Waals surface area (Å²) >= 11 is 0.